The summed E-state index contributed by atoms with van der Waals surface area (Å²) < 4.78 is 4.71. The first-order valence-electron chi connectivity index (χ1n) is 4.21. The molecule has 5 nitrogen and oxygen atoms in total. The van der Waals surface area contributed by atoms with Gasteiger partial charge in [0, 0.05) is 12.5 Å². The van der Waals surface area contributed by atoms with Gasteiger partial charge in [-0.1, -0.05) is 6.08 Å². The second kappa shape index (κ2) is 8.16. The normalized spacial score (nSPS) is 12.1. The van der Waals surface area contributed by atoms with E-state index in [1.807, 2.05) is 0 Å². The van der Waals surface area contributed by atoms with E-state index >= 15 is 0 Å². The number of isocyanates is 1. The molecule has 0 rings (SSSR count). The van der Waals surface area contributed by atoms with Gasteiger partial charge in [0.25, 0.3) is 0 Å². The zero-order chi connectivity index (χ0) is 10.8. The highest BCUT2D eigenvalue weighted by atomic mass is 16.5. The number of ether oxygens (including phenoxy) is 1. The number of rotatable bonds is 6. The van der Waals surface area contributed by atoms with E-state index < -0.39 is 12.1 Å². The molecule has 0 radical (unpaired) electrons. The third kappa shape index (κ3) is 7.21. The van der Waals surface area contributed by atoms with Crippen molar-refractivity contribution in [1.29, 1.82) is 0 Å². The largest absolute Gasteiger partial charge is 0.462 e. The first kappa shape index (κ1) is 12.6. The van der Waals surface area contributed by atoms with Gasteiger partial charge in [-0.05, 0) is 6.92 Å². The minimum Gasteiger partial charge on any atom is -0.462 e. The van der Waals surface area contributed by atoms with Crippen LogP contribution in [0.5, 0.6) is 0 Å². The van der Waals surface area contributed by atoms with Gasteiger partial charge in [0.15, 0.2) is 0 Å². The van der Waals surface area contributed by atoms with Crippen LogP contribution >= 0.6 is 0 Å². The molecule has 0 aliphatic carbocycles. The summed E-state index contributed by atoms with van der Waals surface area (Å²) in [6, 6.07) is 0. The highest BCUT2D eigenvalue weighted by Crippen LogP contribution is 1.93. The van der Waals surface area contributed by atoms with E-state index in [1.165, 1.54) is 12.2 Å². The quantitative estimate of drug-likeness (QED) is 0.287. The van der Waals surface area contributed by atoms with E-state index in [1.54, 1.807) is 13.0 Å². The predicted octanol–water partition coefficient (Wildman–Crippen LogP) is 0.192. The number of nitrogens with zero attached hydrogens (tertiary/aromatic N) is 1. The molecule has 78 valence electrons. The van der Waals surface area contributed by atoms with Gasteiger partial charge in [0.05, 0.1) is 19.3 Å². The summed E-state index contributed by atoms with van der Waals surface area (Å²) in [6.45, 7) is 1.80. The van der Waals surface area contributed by atoms with Crippen molar-refractivity contribution in [2.75, 3.05) is 13.2 Å². The Morgan fingerprint density at radius 2 is 2.43 bits per heavy atom. The van der Waals surface area contributed by atoms with Crippen LogP contribution in [-0.4, -0.2) is 36.4 Å². The van der Waals surface area contributed by atoms with Crippen LogP contribution < -0.4 is 0 Å². The van der Waals surface area contributed by atoms with Gasteiger partial charge in [-0.15, -0.1) is 0 Å². The van der Waals surface area contributed by atoms with E-state index in [0.29, 0.717) is 0 Å². The molecule has 0 aromatic rings. The van der Waals surface area contributed by atoms with Crippen LogP contribution in [-0.2, 0) is 14.3 Å². The summed E-state index contributed by atoms with van der Waals surface area (Å²) >= 11 is 0. The fourth-order valence-corrected chi connectivity index (χ4v) is 0.714. The molecule has 0 spiro atoms. The highest BCUT2D eigenvalue weighted by Gasteiger charge is 2.04. The predicted molar refractivity (Wildman–Crippen MR) is 49.4 cm³/mol. The van der Waals surface area contributed by atoms with E-state index in [9.17, 15) is 9.59 Å². The molecule has 0 aliphatic rings. The Bertz CT molecular complexity index is 243. The summed E-state index contributed by atoms with van der Waals surface area (Å²) in [5.41, 5.74) is 0. The van der Waals surface area contributed by atoms with Crippen molar-refractivity contribution in [1.82, 2.24) is 0 Å². The highest BCUT2D eigenvalue weighted by molar-refractivity contribution is 5.81. The number of hydrogen-bond acceptors (Lipinski definition) is 5. The Morgan fingerprint density at radius 1 is 1.71 bits per heavy atom. The van der Waals surface area contributed by atoms with Gasteiger partial charge in [-0.25, -0.2) is 14.6 Å². The molecule has 14 heavy (non-hydrogen) atoms. The molecule has 0 fully saturated rings. The number of carbonyl (C=O) groups excluding carboxylic acids is 2. The number of hydrogen-bond donors (Lipinski definition) is 1. The van der Waals surface area contributed by atoms with Gasteiger partial charge in [-0.3, -0.25) is 0 Å². The van der Waals surface area contributed by atoms with Crippen molar-refractivity contribution in [2.45, 2.75) is 19.4 Å². The molecule has 0 heterocycles. The molecule has 0 aromatic carbocycles. The first-order valence-corrected chi connectivity index (χ1v) is 4.21. The van der Waals surface area contributed by atoms with Crippen LogP contribution in [0, 0.1) is 0 Å². The molecule has 0 saturated heterocycles. The Balaban J connectivity index is 3.53. The second-order valence-electron chi connectivity index (χ2n) is 2.54. The van der Waals surface area contributed by atoms with Crippen LogP contribution in [0.2, 0.25) is 0 Å². The average Bonchev–Trinajstić information content (AvgIpc) is 2.15. The number of aliphatic hydroxyl groups is 1. The fraction of sp³-hybridized carbons (Fsp3) is 0.556. The van der Waals surface area contributed by atoms with E-state index in [0.717, 1.165) is 0 Å². The first-order chi connectivity index (χ1) is 6.70. The van der Waals surface area contributed by atoms with Crippen molar-refractivity contribution < 1.29 is 19.4 Å². The van der Waals surface area contributed by atoms with Gasteiger partial charge in [0.1, 0.15) is 0 Å². The Kier molecular flexibility index (Phi) is 7.32. The Morgan fingerprint density at radius 3 is 3.00 bits per heavy atom. The van der Waals surface area contributed by atoms with Crippen LogP contribution in [0.4, 0.5) is 0 Å². The summed E-state index contributed by atoms with van der Waals surface area (Å²) in [5.74, 6) is -0.446. The second-order valence-corrected chi connectivity index (χ2v) is 2.54. The number of esters is 1. The van der Waals surface area contributed by atoms with Crippen molar-refractivity contribution in [3.8, 4) is 0 Å². The van der Waals surface area contributed by atoms with Gasteiger partial charge in [0.2, 0.25) is 6.08 Å². The molecule has 0 saturated carbocycles. The van der Waals surface area contributed by atoms with Crippen molar-refractivity contribution in [3.05, 3.63) is 12.2 Å². The minimum atomic E-state index is -0.769. The molecule has 0 amide bonds. The van der Waals surface area contributed by atoms with Gasteiger partial charge < -0.3 is 9.84 Å². The van der Waals surface area contributed by atoms with Crippen LogP contribution in [0.25, 0.3) is 0 Å². The van der Waals surface area contributed by atoms with Crippen molar-refractivity contribution in [3.63, 3.8) is 0 Å². The maximum absolute atomic E-state index is 10.8. The lowest BCUT2D eigenvalue weighted by Crippen LogP contribution is -2.15. The number of carbonyl (C=O) groups is 1. The van der Waals surface area contributed by atoms with Crippen LogP contribution in [0.1, 0.15) is 13.3 Å². The maximum Gasteiger partial charge on any atom is 0.330 e. The molecule has 5 heteroatoms. The summed E-state index contributed by atoms with van der Waals surface area (Å²) in [6.07, 6.45) is 3.66. The molecule has 1 unspecified atom stereocenters. The van der Waals surface area contributed by atoms with Crippen LogP contribution in [0.3, 0.4) is 0 Å². The third-order valence-electron chi connectivity index (χ3n) is 1.36. The minimum absolute atomic E-state index is 0.00926. The molecule has 0 bridgehead atoms. The summed E-state index contributed by atoms with van der Waals surface area (Å²) in [7, 11) is 0. The van der Waals surface area contributed by atoms with Crippen molar-refractivity contribution in [2.24, 2.45) is 4.99 Å². The van der Waals surface area contributed by atoms with E-state index in [4.69, 9.17) is 9.84 Å². The topological polar surface area (TPSA) is 76.0 Å². The maximum atomic E-state index is 10.8. The van der Waals surface area contributed by atoms with Crippen molar-refractivity contribution >= 4 is 12.0 Å². The molecule has 0 aromatic heterocycles. The lowest BCUT2D eigenvalue weighted by molar-refractivity contribution is -0.138. The molecular weight excluding hydrogens is 186 g/mol. The monoisotopic (exact) mass is 199 g/mol. The standard InChI is InChI=1S/C9H13NO4/c1-2-3-9(13)14-5-4-8(12)6-10-7-11/h2-3,8,12H,4-6H2,1H3. The van der Waals surface area contributed by atoms with E-state index in [-0.39, 0.29) is 19.6 Å². The zero-order valence-corrected chi connectivity index (χ0v) is 7.97. The lowest BCUT2D eigenvalue weighted by atomic mass is 10.3. The average molecular weight is 199 g/mol. The Labute approximate surface area is 82.1 Å². The molecule has 1 N–H and O–H groups in total. The fourth-order valence-electron chi connectivity index (χ4n) is 0.714. The molecular formula is C9H13NO4. The molecule has 1 atom stereocenters. The lowest BCUT2D eigenvalue weighted by Gasteiger charge is -2.06. The molecule has 0 aliphatic heterocycles. The van der Waals surface area contributed by atoms with Crippen LogP contribution in [0.15, 0.2) is 17.1 Å². The zero-order valence-electron chi connectivity index (χ0n) is 7.97. The summed E-state index contributed by atoms with van der Waals surface area (Å²) in [5, 5.41) is 9.14. The third-order valence-corrected chi connectivity index (χ3v) is 1.36. The number of aliphatic imine (C=N–C) groups is 1. The summed E-state index contributed by atoms with van der Waals surface area (Å²) in [4.78, 5) is 23.6. The number of allylic oxidation sites excluding steroid dienone is 1. The van der Waals surface area contributed by atoms with Gasteiger partial charge >= 0.3 is 5.97 Å². The Hall–Kier alpha value is -1.45. The smallest absolute Gasteiger partial charge is 0.330 e. The van der Waals surface area contributed by atoms with Gasteiger partial charge in [-0.2, -0.15) is 0 Å². The number of aliphatic hydroxyl groups excluding tert-OH is 1. The van der Waals surface area contributed by atoms with E-state index in [2.05, 4.69) is 4.99 Å². The SMILES string of the molecule is CC=CC(=O)OCCC(O)CN=C=O.